The third kappa shape index (κ3) is 6.22. The number of nitrogens with one attached hydrogen (secondary N) is 1. The Morgan fingerprint density at radius 1 is 1.35 bits per heavy atom. The van der Waals surface area contributed by atoms with E-state index in [4.69, 9.17) is 0 Å². The van der Waals surface area contributed by atoms with Crippen LogP contribution in [0.15, 0.2) is 18.5 Å². The van der Waals surface area contributed by atoms with Crippen LogP contribution < -0.4 is 5.32 Å². The minimum absolute atomic E-state index is 0.0298. The second-order valence-electron chi connectivity index (χ2n) is 5.15. The zero-order chi connectivity index (χ0) is 15.2. The fourth-order valence-corrected chi connectivity index (χ4v) is 2.62. The largest absolute Gasteiger partial charge is 0.441 e. The van der Waals surface area contributed by atoms with E-state index in [9.17, 15) is 13.2 Å². The Hall–Kier alpha value is -0.620. The van der Waals surface area contributed by atoms with Crippen molar-refractivity contribution in [3.8, 4) is 0 Å². The summed E-state index contributed by atoms with van der Waals surface area (Å²) in [6.45, 7) is 7.72. The molecule has 0 amide bonds. The summed E-state index contributed by atoms with van der Waals surface area (Å²) < 4.78 is 38.1. The quantitative estimate of drug-likeness (QED) is 0.765. The molecule has 0 bridgehead atoms. The molecule has 1 N–H and O–H groups in total. The summed E-state index contributed by atoms with van der Waals surface area (Å²) >= 11 is 0.0298. The normalized spacial score (nSPS) is 13.9. The number of alkyl halides is 3. The van der Waals surface area contributed by atoms with E-state index in [1.54, 1.807) is 0 Å². The second-order valence-corrected chi connectivity index (χ2v) is 6.31. The van der Waals surface area contributed by atoms with E-state index in [0.717, 1.165) is 18.5 Å². The lowest BCUT2D eigenvalue weighted by Gasteiger charge is -2.21. The molecule has 1 aromatic rings. The average Bonchev–Trinajstić information content (AvgIpc) is 2.76. The van der Waals surface area contributed by atoms with E-state index >= 15 is 0 Å². The molecule has 20 heavy (non-hydrogen) atoms. The lowest BCUT2D eigenvalue weighted by atomic mass is 9.98. The van der Waals surface area contributed by atoms with Crippen LogP contribution in [0.4, 0.5) is 13.2 Å². The molecule has 116 valence electrons. The van der Waals surface area contributed by atoms with Crippen LogP contribution in [0.2, 0.25) is 0 Å². The van der Waals surface area contributed by atoms with Crippen LogP contribution in [-0.4, -0.2) is 22.4 Å². The predicted molar refractivity (Wildman–Crippen MR) is 78.8 cm³/mol. The van der Waals surface area contributed by atoms with Gasteiger partial charge in [-0.1, -0.05) is 20.8 Å². The molecular formula is C14H23F3N2S. The van der Waals surface area contributed by atoms with Crippen LogP contribution in [0.25, 0.3) is 0 Å². The molecule has 0 aliphatic carbocycles. The Morgan fingerprint density at radius 3 is 2.60 bits per heavy atom. The number of aryl methyl sites for hydroxylation is 1. The average molecular weight is 308 g/mol. The summed E-state index contributed by atoms with van der Waals surface area (Å²) in [5, 5.41) is 3.48. The Bertz CT molecular complexity index is 388. The van der Waals surface area contributed by atoms with Gasteiger partial charge in [0.1, 0.15) is 0 Å². The lowest BCUT2D eigenvalue weighted by Crippen LogP contribution is -2.26. The van der Waals surface area contributed by atoms with Gasteiger partial charge in [-0.3, -0.25) is 0 Å². The molecule has 0 fully saturated rings. The van der Waals surface area contributed by atoms with Crippen molar-refractivity contribution in [2.75, 3.05) is 12.3 Å². The first-order valence-corrected chi connectivity index (χ1v) is 7.91. The van der Waals surface area contributed by atoms with Crippen LogP contribution in [0.5, 0.6) is 0 Å². The Morgan fingerprint density at radius 2 is 2.05 bits per heavy atom. The maximum Gasteiger partial charge on any atom is 0.441 e. The van der Waals surface area contributed by atoms with E-state index in [1.807, 2.05) is 23.0 Å². The highest BCUT2D eigenvalue weighted by molar-refractivity contribution is 8.00. The van der Waals surface area contributed by atoms with Gasteiger partial charge in [-0.05, 0) is 42.3 Å². The minimum Gasteiger partial charge on any atom is -0.353 e. The summed E-state index contributed by atoms with van der Waals surface area (Å²) in [4.78, 5) is 0. The molecule has 1 aromatic heterocycles. The lowest BCUT2D eigenvalue weighted by molar-refractivity contribution is -0.0328. The van der Waals surface area contributed by atoms with E-state index in [1.165, 1.54) is 0 Å². The van der Waals surface area contributed by atoms with Gasteiger partial charge in [-0.25, -0.2) is 0 Å². The van der Waals surface area contributed by atoms with Gasteiger partial charge >= 0.3 is 5.51 Å². The van der Waals surface area contributed by atoms with E-state index < -0.39 is 5.51 Å². The number of thioether (sulfide) groups is 1. The fraction of sp³-hybridized carbons (Fsp3) is 0.714. The highest BCUT2D eigenvalue weighted by Crippen LogP contribution is 2.30. The Balaban J connectivity index is 2.55. The van der Waals surface area contributed by atoms with Crippen molar-refractivity contribution in [1.29, 1.82) is 0 Å². The van der Waals surface area contributed by atoms with E-state index in [-0.39, 0.29) is 23.6 Å². The van der Waals surface area contributed by atoms with Gasteiger partial charge in [-0.15, -0.1) is 0 Å². The summed E-state index contributed by atoms with van der Waals surface area (Å²) in [6.07, 6.45) is 4.87. The molecule has 0 aliphatic rings. The first-order chi connectivity index (χ1) is 9.33. The van der Waals surface area contributed by atoms with Gasteiger partial charge in [0, 0.05) is 30.7 Å². The zero-order valence-electron chi connectivity index (χ0n) is 12.2. The van der Waals surface area contributed by atoms with Crippen LogP contribution in [-0.2, 0) is 6.54 Å². The third-order valence-corrected chi connectivity index (χ3v) is 3.74. The van der Waals surface area contributed by atoms with E-state index in [2.05, 4.69) is 26.1 Å². The van der Waals surface area contributed by atoms with Crippen LogP contribution in [0.3, 0.4) is 0 Å². The van der Waals surface area contributed by atoms with Crippen molar-refractivity contribution in [3.05, 3.63) is 24.0 Å². The second kappa shape index (κ2) is 7.98. The van der Waals surface area contributed by atoms with Crippen LogP contribution in [0.1, 0.15) is 38.8 Å². The summed E-state index contributed by atoms with van der Waals surface area (Å²) in [5.74, 6) is 0.494. The summed E-state index contributed by atoms with van der Waals surface area (Å²) in [5.41, 5.74) is -3.00. The molecule has 0 aromatic carbocycles. The molecular weight excluding hydrogens is 285 g/mol. The highest BCUT2D eigenvalue weighted by atomic mass is 32.2. The number of halogens is 3. The molecule has 1 rings (SSSR count). The number of hydrogen-bond donors (Lipinski definition) is 1. The number of nitrogens with zero attached hydrogens (tertiary/aromatic N) is 1. The smallest absolute Gasteiger partial charge is 0.353 e. The van der Waals surface area contributed by atoms with Crippen molar-refractivity contribution in [2.45, 2.75) is 45.3 Å². The fourth-order valence-electron chi connectivity index (χ4n) is 2.09. The van der Waals surface area contributed by atoms with Crippen molar-refractivity contribution in [2.24, 2.45) is 5.92 Å². The van der Waals surface area contributed by atoms with Gasteiger partial charge in [0.25, 0.3) is 0 Å². The standard InChI is InChI=1S/C14H23F3N2S/c1-4-6-18-13(11(2)3)12-5-7-19(10-12)8-9-20-14(15,16)17/h5,7,10-11,13,18H,4,6,8-9H2,1-3H3. The van der Waals surface area contributed by atoms with Gasteiger partial charge in [-0.2, -0.15) is 13.2 Å². The molecule has 0 radical (unpaired) electrons. The van der Waals surface area contributed by atoms with Gasteiger partial charge in [0.05, 0.1) is 0 Å². The van der Waals surface area contributed by atoms with Gasteiger partial charge in [0.2, 0.25) is 0 Å². The number of hydrogen-bond acceptors (Lipinski definition) is 2. The first-order valence-electron chi connectivity index (χ1n) is 6.93. The van der Waals surface area contributed by atoms with Crippen molar-refractivity contribution < 1.29 is 13.2 Å². The van der Waals surface area contributed by atoms with Crippen LogP contribution >= 0.6 is 11.8 Å². The zero-order valence-corrected chi connectivity index (χ0v) is 13.0. The highest BCUT2D eigenvalue weighted by Gasteiger charge is 2.27. The number of aromatic nitrogens is 1. The molecule has 0 saturated heterocycles. The minimum atomic E-state index is -4.14. The molecule has 1 atom stereocenters. The van der Waals surface area contributed by atoms with Crippen molar-refractivity contribution in [1.82, 2.24) is 9.88 Å². The maximum absolute atomic E-state index is 12.1. The van der Waals surface area contributed by atoms with E-state index in [0.29, 0.717) is 12.5 Å². The molecule has 0 spiro atoms. The molecule has 6 heteroatoms. The number of rotatable bonds is 8. The van der Waals surface area contributed by atoms with Gasteiger partial charge in [0.15, 0.2) is 0 Å². The SMILES string of the molecule is CCCNC(c1ccn(CCSC(F)(F)F)c1)C(C)C. The van der Waals surface area contributed by atoms with Crippen molar-refractivity contribution in [3.63, 3.8) is 0 Å². The van der Waals surface area contributed by atoms with Gasteiger partial charge < -0.3 is 9.88 Å². The third-order valence-electron chi connectivity index (χ3n) is 3.03. The molecule has 0 aliphatic heterocycles. The molecule has 1 unspecified atom stereocenters. The topological polar surface area (TPSA) is 17.0 Å². The molecule has 1 heterocycles. The van der Waals surface area contributed by atoms with Crippen molar-refractivity contribution >= 4 is 11.8 Å². The molecule has 0 saturated carbocycles. The Labute approximate surface area is 123 Å². The monoisotopic (exact) mass is 308 g/mol. The maximum atomic E-state index is 12.1. The first kappa shape index (κ1) is 17.4. The summed E-state index contributed by atoms with van der Waals surface area (Å²) in [7, 11) is 0. The summed E-state index contributed by atoms with van der Waals surface area (Å²) in [6, 6.07) is 2.25. The predicted octanol–water partition coefficient (Wildman–Crippen LogP) is 4.44. The molecule has 2 nitrogen and oxygen atoms in total. The Kier molecular flexibility index (Phi) is 6.95. The van der Waals surface area contributed by atoms with Crippen LogP contribution in [0, 0.1) is 5.92 Å².